The van der Waals surface area contributed by atoms with Crippen LogP contribution in [0.25, 0.3) is 0 Å². The average Bonchev–Trinajstić information content (AvgIpc) is 3.30. The number of nitrogens with zero attached hydrogens (tertiary/aromatic N) is 1. The minimum atomic E-state index is -0.0961. The Labute approximate surface area is 166 Å². The molecule has 1 heterocycles. The molecule has 7 heteroatoms. The smallest absolute Gasteiger partial charge is 0.251 e. The Morgan fingerprint density at radius 2 is 1.82 bits per heavy atom. The molecule has 2 saturated carbocycles. The molecule has 1 aromatic rings. The summed E-state index contributed by atoms with van der Waals surface area (Å²) in [6.07, 6.45) is 3.35. The number of amides is 2. The molecule has 2 amide bonds. The molecule has 0 spiro atoms. The zero-order valence-electron chi connectivity index (χ0n) is 16.2. The van der Waals surface area contributed by atoms with Crippen LogP contribution in [0.5, 0.6) is 0 Å². The van der Waals surface area contributed by atoms with Crippen molar-refractivity contribution in [3.8, 4) is 0 Å². The van der Waals surface area contributed by atoms with Gasteiger partial charge in [-0.05, 0) is 55.4 Å². The van der Waals surface area contributed by atoms with Crippen LogP contribution in [0.15, 0.2) is 24.3 Å². The molecule has 4 unspecified atom stereocenters. The third kappa shape index (κ3) is 4.21. The number of nitrogens with one attached hydrogen (secondary N) is 2. The molecule has 0 radical (unpaired) electrons. The predicted molar refractivity (Wildman–Crippen MR) is 107 cm³/mol. The first-order valence-corrected chi connectivity index (χ1v) is 10.4. The van der Waals surface area contributed by atoms with E-state index in [4.69, 9.17) is 10.5 Å². The summed E-state index contributed by atoms with van der Waals surface area (Å²) in [5.41, 5.74) is 7.57. The second-order valence-corrected chi connectivity index (χ2v) is 8.21. The largest absolute Gasteiger partial charge is 0.379 e. The first kappa shape index (κ1) is 19.4. The number of rotatable bonds is 6. The summed E-state index contributed by atoms with van der Waals surface area (Å²) in [4.78, 5) is 27.2. The summed E-state index contributed by atoms with van der Waals surface area (Å²) >= 11 is 0. The standard InChI is InChI=1S/C21H30N4O3/c22-19-16-2-1-15(13-16)18(19)21(27)24-17-5-3-14(4-6-17)20(26)23-7-8-25-9-11-28-12-10-25/h3-6,15-16,18-19H,1-2,7-13,22H2,(H,23,26)(H,24,27). The van der Waals surface area contributed by atoms with E-state index in [0.717, 1.165) is 52.1 Å². The summed E-state index contributed by atoms with van der Waals surface area (Å²) in [5, 5.41) is 5.93. The molecule has 3 aliphatic rings. The first-order valence-electron chi connectivity index (χ1n) is 10.4. The maximum atomic E-state index is 12.6. The van der Waals surface area contributed by atoms with Crippen LogP contribution in [0.2, 0.25) is 0 Å². The number of hydrogen-bond donors (Lipinski definition) is 3. The Balaban J connectivity index is 1.25. The fourth-order valence-electron chi connectivity index (χ4n) is 4.91. The minimum absolute atomic E-state index is 0.0161. The van der Waals surface area contributed by atoms with Gasteiger partial charge in [-0.1, -0.05) is 0 Å². The van der Waals surface area contributed by atoms with Crippen LogP contribution < -0.4 is 16.4 Å². The first-order chi connectivity index (χ1) is 13.6. The van der Waals surface area contributed by atoms with Crippen LogP contribution in [0, 0.1) is 17.8 Å². The van der Waals surface area contributed by atoms with E-state index in [-0.39, 0.29) is 23.8 Å². The second kappa shape index (κ2) is 8.59. The van der Waals surface area contributed by atoms with Crippen LogP contribution in [-0.4, -0.2) is 62.1 Å². The minimum Gasteiger partial charge on any atom is -0.379 e. The van der Waals surface area contributed by atoms with Gasteiger partial charge in [-0.3, -0.25) is 14.5 Å². The molecule has 1 aromatic carbocycles. The molecule has 1 aliphatic heterocycles. The highest BCUT2D eigenvalue weighted by atomic mass is 16.5. The van der Waals surface area contributed by atoms with Crippen molar-refractivity contribution in [1.82, 2.24) is 10.2 Å². The highest BCUT2D eigenvalue weighted by molar-refractivity contribution is 5.96. The van der Waals surface area contributed by atoms with Crippen LogP contribution in [-0.2, 0) is 9.53 Å². The summed E-state index contributed by atoms with van der Waals surface area (Å²) in [6, 6.07) is 7.05. The molecule has 2 aliphatic carbocycles. The lowest BCUT2D eigenvalue weighted by Crippen LogP contribution is -2.42. The lowest BCUT2D eigenvalue weighted by molar-refractivity contribution is -0.121. The van der Waals surface area contributed by atoms with Crippen molar-refractivity contribution >= 4 is 17.5 Å². The number of carbonyl (C=O) groups is 2. The number of hydrogen-bond acceptors (Lipinski definition) is 5. The number of morpholine rings is 1. The zero-order chi connectivity index (χ0) is 19.5. The lowest BCUT2D eigenvalue weighted by Gasteiger charge is -2.27. The van der Waals surface area contributed by atoms with Crippen LogP contribution >= 0.6 is 0 Å². The van der Waals surface area contributed by atoms with Gasteiger partial charge >= 0.3 is 0 Å². The number of benzene rings is 1. The number of anilines is 1. The van der Waals surface area contributed by atoms with E-state index in [0.29, 0.717) is 29.6 Å². The number of nitrogens with two attached hydrogens (primary N) is 1. The molecule has 152 valence electrons. The SMILES string of the molecule is NC1C2CCC(C2)C1C(=O)Nc1ccc(C(=O)NCCN2CCOCC2)cc1. The molecular weight excluding hydrogens is 356 g/mol. The maximum absolute atomic E-state index is 12.6. The summed E-state index contributed by atoms with van der Waals surface area (Å²) < 4.78 is 5.32. The lowest BCUT2D eigenvalue weighted by atomic mass is 9.84. The van der Waals surface area contributed by atoms with Gasteiger partial charge in [-0.2, -0.15) is 0 Å². The normalized spacial score (nSPS) is 29.6. The van der Waals surface area contributed by atoms with E-state index < -0.39 is 0 Å². The van der Waals surface area contributed by atoms with Gasteiger partial charge in [0, 0.05) is 43.5 Å². The van der Waals surface area contributed by atoms with Crippen LogP contribution in [0.4, 0.5) is 5.69 Å². The molecule has 1 saturated heterocycles. The summed E-state index contributed by atoms with van der Waals surface area (Å²) in [7, 11) is 0. The zero-order valence-corrected chi connectivity index (χ0v) is 16.2. The van der Waals surface area contributed by atoms with E-state index in [2.05, 4.69) is 15.5 Å². The number of carbonyl (C=O) groups excluding carboxylic acids is 2. The van der Waals surface area contributed by atoms with Crippen molar-refractivity contribution in [2.24, 2.45) is 23.5 Å². The van der Waals surface area contributed by atoms with Gasteiger partial charge < -0.3 is 21.1 Å². The molecule has 4 atom stereocenters. The fourth-order valence-corrected chi connectivity index (χ4v) is 4.91. The third-order valence-corrected chi connectivity index (χ3v) is 6.52. The predicted octanol–water partition coefficient (Wildman–Crippen LogP) is 1.06. The van der Waals surface area contributed by atoms with Gasteiger partial charge in [0.25, 0.3) is 5.91 Å². The fraction of sp³-hybridized carbons (Fsp3) is 0.619. The Morgan fingerprint density at radius 3 is 2.50 bits per heavy atom. The third-order valence-electron chi connectivity index (χ3n) is 6.52. The highest BCUT2D eigenvalue weighted by Crippen LogP contribution is 2.47. The number of ether oxygens (including phenoxy) is 1. The van der Waals surface area contributed by atoms with Gasteiger partial charge in [-0.15, -0.1) is 0 Å². The quantitative estimate of drug-likeness (QED) is 0.679. The Kier molecular flexibility index (Phi) is 5.94. The molecule has 3 fully saturated rings. The topological polar surface area (TPSA) is 96.7 Å². The van der Waals surface area contributed by atoms with Gasteiger partial charge in [0.2, 0.25) is 5.91 Å². The highest BCUT2D eigenvalue weighted by Gasteiger charge is 2.49. The van der Waals surface area contributed by atoms with Crippen molar-refractivity contribution in [2.75, 3.05) is 44.7 Å². The van der Waals surface area contributed by atoms with Crippen molar-refractivity contribution in [2.45, 2.75) is 25.3 Å². The molecule has 28 heavy (non-hydrogen) atoms. The monoisotopic (exact) mass is 386 g/mol. The van der Waals surface area contributed by atoms with Gasteiger partial charge in [0.05, 0.1) is 19.1 Å². The molecule has 4 N–H and O–H groups in total. The summed E-state index contributed by atoms with van der Waals surface area (Å²) in [6.45, 7) is 4.78. The van der Waals surface area contributed by atoms with Crippen molar-refractivity contribution < 1.29 is 14.3 Å². The van der Waals surface area contributed by atoms with Crippen molar-refractivity contribution in [1.29, 1.82) is 0 Å². The van der Waals surface area contributed by atoms with E-state index in [9.17, 15) is 9.59 Å². The average molecular weight is 386 g/mol. The van der Waals surface area contributed by atoms with Crippen molar-refractivity contribution in [3.63, 3.8) is 0 Å². The number of fused-ring (bicyclic) bond motifs is 2. The van der Waals surface area contributed by atoms with Gasteiger partial charge in [0.1, 0.15) is 0 Å². The summed E-state index contributed by atoms with van der Waals surface area (Å²) in [5.74, 6) is 0.770. The molecule has 7 nitrogen and oxygen atoms in total. The van der Waals surface area contributed by atoms with E-state index >= 15 is 0 Å². The molecule has 4 rings (SSSR count). The van der Waals surface area contributed by atoms with E-state index in [1.807, 2.05) is 0 Å². The molecular formula is C21H30N4O3. The molecule has 0 aromatic heterocycles. The van der Waals surface area contributed by atoms with Crippen molar-refractivity contribution in [3.05, 3.63) is 29.8 Å². The second-order valence-electron chi connectivity index (χ2n) is 8.21. The van der Waals surface area contributed by atoms with Gasteiger partial charge in [0.15, 0.2) is 0 Å². The van der Waals surface area contributed by atoms with Gasteiger partial charge in [-0.25, -0.2) is 0 Å². The van der Waals surface area contributed by atoms with E-state index in [1.165, 1.54) is 0 Å². The molecule has 2 bridgehead atoms. The maximum Gasteiger partial charge on any atom is 0.251 e. The van der Waals surface area contributed by atoms with E-state index in [1.54, 1.807) is 24.3 Å². The van der Waals surface area contributed by atoms with Crippen LogP contribution in [0.3, 0.4) is 0 Å². The Bertz CT molecular complexity index is 700. The Hall–Kier alpha value is -1.96. The Morgan fingerprint density at radius 1 is 1.11 bits per heavy atom. The van der Waals surface area contributed by atoms with Crippen LogP contribution in [0.1, 0.15) is 29.6 Å².